The standard InChI is InChI=1S/C12H17N5O/c1-4-8(2)15-10-6-11(14-7-13-10)16-12-5-9(3)18-17-12/h5-8H,4H2,1-3H3,(H2,13,14,15,16,17). The summed E-state index contributed by atoms with van der Waals surface area (Å²) in [6, 6.07) is 4.03. The number of nitrogens with zero attached hydrogens (tertiary/aromatic N) is 3. The highest BCUT2D eigenvalue weighted by atomic mass is 16.5. The van der Waals surface area contributed by atoms with E-state index in [2.05, 4.69) is 39.6 Å². The zero-order chi connectivity index (χ0) is 13.0. The van der Waals surface area contributed by atoms with Gasteiger partial charge in [-0.3, -0.25) is 0 Å². The molecule has 0 aliphatic rings. The molecular formula is C12H17N5O. The first kappa shape index (κ1) is 12.3. The summed E-state index contributed by atoms with van der Waals surface area (Å²) in [5.41, 5.74) is 0. The number of rotatable bonds is 5. The maximum absolute atomic E-state index is 4.98. The van der Waals surface area contributed by atoms with E-state index in [0.29, 0.717) is 17.7 Å². The van der Waals surface area contributed by atoms with Crippen LogP contribution in [-0.2, 0) is 0 Å². The number of anilines is 3. The van der Waals surface area contributed by atoms with Crippen LogP contribution in [0.2, 0.25) is 0 Å². The fourth-order valence-corrected chi connectivity index (χ4v) is 1.42. The average Bonchev–Trinajstić information content (AvgIpc) is 2.75. The molecule has 0 aliphatic carbocycles. The molecule has 0 saturated carbocycles. The Labute approximate surface area is 106 Å². The molecule has 0 aromatic carbocycles. The lowest BCUT2D eigenvalue weighted by atomic mass is 10.2. The van der Waals surface area contributed by atoms with E-state index in [1.54, 1.807) is 0 Å². The summed E-state index contributed by atoms with van der Waals surface area (Å²) in [5, 5.41) is 10.2. The molecule has 2 heterocycles. The van der Waals surface area contributed by atoms with Crippen molar-refractivity contribution in [2.45, 2.75) is 33.2 Å². The molecule has 0 aliphatic heterocycles. The van der Waals surface area contributed by atoms with Crippen LogP contribution < -0.4 is 10.6 Å². The van der Waals surface area contributed by atoms with Gasteiger partial charge in [0.05, 0.1) is 0 Å². The van der Waals surface area contributed by atoms with Crippen LogP contribution >= 0.6 is 0 Å². The average molecular weight is 247 g/mol. The molecule has 6 heteroatoms. The normalized spacial score (nSPS) is 12.2. The summed E-state index contributed by atoms with van der Waals surface area (Å²) >= 11 is 0. The summed E-state index contributed by atoms with van der Waals surface area (Å²) in [5.74, 6) is 2.87. The fourth-order valence-electron chi connectivity index (χ4n) is 1.42. The number of nitrogens with one attached hydrogen (secondary N) is 2. The van der Waals surface area contributed by atoms with Gasteiger partial charge in [0.25, 0.3) is 0 Å². The van der Waals surface area contributed by atoms with Crippen molar-refractivity contribution in [1.29, 1.82) is 0 Å². The Kier molecular flexibility index (Phi) is 3.76. The first-order chi connectivity index (χ1) is 8.67. The van der Waals surface area contributed by atoms with Crippen molar-refractivity contribution in [3.05, 3.63) is 24.2 Å². The minimum atomic E-state index is 0.377. The van der Waals surface area contributed by atoms with Crippen molar-refractivity contribution in [3.63, 3.8) is 0 Å². The summed E-state index contributed by atoms with van der Waals surface area (Å²) in [6.45, 7) is 6.07. The minimum absolute atomic E-state index is 0.377. The van der Waals surface area contributed by atoms with Crippen LogP contribution in [0.5, 0.6) is 0 Å². The van der Waals surface area contributed by atoms with Gasteiger partial charge in [0.15, 0.2) is 5.82 Å². The van der Waals surface area contributed by atoms with Crippen molar-refractivity contribution < 1.29 is 4.52 Å². The lowest BCUT2D eigenvalue weighted by Crippen LogP contribution is -2.14. The van der Waals surface area contributed by atoms with Gasteiger partial charge in [-0.05, 0) is 20.3 Å². The lowest BCUT2D eigenvalue weighted by Gasteiger charge is -2.12. The molecule has 2 aromatic rings. The predicted molar refractivity (Wildman–Crippen MR) is 69.9 cm³/mol. The quantitative estimate of drug-likeness (QED) is 0.846. The zero-order valence-corrected chi connectivity index (χ0v) is 10.8. The Morgan fingerprint density at radius 3 is 2.67 bits per heavy atom. The van der Waals surface area contributed by atoms with Gasteiger partial charge in [0, 0.05) is 18.2 Å². The smallest absolute Gasteiger partial charge is 0.175 e. The number of aromatic nitrogens is 3. The Morgan fingerprint density at radius 2 is 2.00 bits per heavy atom. The van der Waals surface area contributed by atoms with E-state index in [4.69, 9.17) is 4.52 Å². The van der Waals surface area contributed by atoms with E-state index >= 15 is 0 Å². The van der Waals surface area contributed by atoms with Crippen molar-refractivity contribution >= 4 is 17.5 Å². The first-order valence-electron chi connectivity index (χ1n) is 5.96. The van der Waals surface area contributed by atoms with E-state index < -0.39 is 0 Å². The molecule has 2 rings (SSSR count). The molecule has 96 valence electrons. The Hall–Kier alpha value is -2.11. The molecule has 0 radical (unpaired) electrons. The SMILES string of the molecule is CCC(C)Nc1cc(Nc2cc(C)on2)ncn1. The summed E-state index contributed by atoms with van der Waals surface area (Å²) in [4.78, 5) is 8.30. The van der Waals surface area contributed by atoms with Gasteiger partial charge in [-0.1, -0.05) is 12.1 Å². The Morgan fingerprint density at radius 1 is 1.22 bits per heavy atom. The molecule has 18 heavy (non-hydrogen) atoms. The second kappa shape index (κ2) is 5.48. The molecular weight excluding hydrogens is 230 g/mol. The van der Waals surface area contributed by atoms with Crippen LogP contribution in [0, 0.1) is 6.92 Å². The van der Waals surface area contributed by atoms with Crippen LogP contribution in [0.15, 0.2) is 23.0 Å². The maximum Gasteiger partial charge on any atom is 0.175 e. The van der Waals surface area contributed by atoms with Crippen molar-refractivity contribution in [2.75, 3.05) is 10.6 Å². The monoisotopic (exact) mass is 247 g/mol. The van der Waals surface area contributed by atoms with Gasteiger partial charge in [0.2, 0.25) is 0 Å². The summed E-state index contributed by atoms with van der Waals surface area (Å²) < 4.78 is 4.98. The summed E-state index contributed by atoms with van der Waals surface area (Å²) in [7, 11) is 0. The second-order valence-electron chi connectivity index (χ2n) is 4.19. The molecule has 0 saturated heterocycles. The Bertz CT molecular complexity index is 511. The Balaban J connectivity index is 2.07. The molecule has 1 unspecified atom stereocenters. The first-order valence-corrected chi connectivity index (χ1v) is 5.96. The maximum atomic E-state index is 4.98. The van der Waals surface area contributed by atoms with Gasteiger partial charge in [-0.2, -0.15) is 0 Å². The lowest BCUT2D eigenvalue weighted by molar-refractivity contribution is 0.400. The van der Waals surface area contributed by atoms with Gasteiger partial charge in [-0.15, -0.1) is 0 Å². The highest BCUT2D eigenvalue weighted by Crippen LogP contribution is 2.16. The highest BCUT2D eigenvalue weighted by molar-refractivity contribution is 5.55. The predicted octanol–water partition coefficient (Wildman–Crippen LogP) is 2.73. The third-order valence-corrected chi connectivity index (χ3v) is 2.56. The molecule has 1 atom stereocenters. The van der Waals surface area contributed by atoms with Crippen LogP contribution in [0.3, 0.4) is 0 Å². The molecule has 0 bridgehead atoms. The van der Waals surface area contributed by atoms with Gasteiger partial charge in [-0.25, -0.2) is 9.97 Å². The van der Waals surface area contributed by atoms with Crippen LogP contribution in [0.25, 0.3) is 0 Å². The number of hydrogen-bond acceptors (Lipinski definition) is 6. The topological polar surface area (TPSA) is 75.9 Å². The third kappa shape index (κ3) is 3.19. The molecule has 0 amide bonds. The largest absolute Gasteiger partial charge is 0.367 e. The zero-order valence-electron chi connectivity index (χ0n) is 10.8. The molecule has 2 N–H and O–H groups in total. The number of aryl methyl sites for hydroxylation is 1. The number of hydrogen-bond donors (Lipinski definition) is 2. The van der Waals surface area contributed by atoms with Crippen molar-refractivity contribution in [1.82, 2.24) is 15.1 Å². The molecule has 2 aromatic heterocycles. The van der Waals surface area contributed by atoms with Gasteiger partial charge < -0.3 is 15.2 Å². The molecule has 6 nitrogen and oxygen atoms in total. The second-order valence-corrected chi connectivity index (χ2v) is 4.19. The third-order valence-electron chi connectivity index (χ3n) is 2.56. The van der Waals surface area contributed by atoms with Gasteiger partial charge in [0.1, 0.15) is 23.7 Å². The van der Waals surface area contributed by atoms with Crippen molar-refractivity contribution in [2.24, 2.45) is 0 Å². The van der Waals surface area contributed by atoms with E-state index in [9.17, 15) is 0 Å². The van der Waals surface area contributed by atoms with Crippen LogP contribution in [-0.4, -0.2) is 21.2 Å². The van der Waals surface area contributed by atoms with E-state index in [0.717, 1.165) is 18.0 Å². The minimum Gasteiger partial charge on any atom is -0.367 e. The van der Waals surface area contributed by atoms with Crippen LogP contribution in [0.1, 0.15) is 26.0 Å². The summed E-state index contributed by atoms with van der Waals surface area (Å²) in [6.07, 6.45) is 2.55. The van der Waals surface area contributed by atoms with E-state index in [1.165, 1.54) is 6.33 Å². The molecule has 0 spiro atoms. The van der Waals surface area contributed by atoms with Gasteiger partial charge >= 0.3 is 0 Å². The molecule has 0 fully saturated rings. The van der Waals surface area contributed by atoms with Crippen LogP contribution in [0.4, 0.5) is 17.5 Å². The highest BCUT2D eigenvalue weighted by Gasteiger charge is 2.04. The van der Waals surface area contributed by atoms with E-state index in [1.807, 2.05) is 19.1 Å². The fraction of sp³-hybridized carbons (Fsp3) is 0.417. The van der Waals surface area contributed by atoms with Crippen molar-refractivity contribution in [3.8, 4) is 0 Å². The van der Waals surface area contributed by atoms with E-state index in [-0.39, 0.29) is 0 Å².